The molecule has 0 spiro atoms. The van der Waals surface area contributed by atoms with Crippen molar-refractivity contribution in [2.45, 2.75) is 4.90 Å². The Kier molecular flexibility index (Phi) is 4.56. The van der Waals surface area contributed by atoms with Gasteiger partial charge in [0.05, 0.1) is 16.7 Å². The molecular formula is C9H8Cl2N2O2S. The quantitative estimate of drug-likeness (QED) is 0.853. The third kappa shape index (κ3) is 3.09. The third-order valence-electron chi connectivity index (χ3n) is 1.74. The van der Waals surface area contributed by atoms with E-state index < -0.39 is 10.0 Å². The molecule has 0 unspecified atom stereocenters. The van der Waals surface area contributed by atoms with Gasteiger partial charge in [-0.15, -0.1) is 11.6 Å². The monoisotopic (exact) mass is 278 g/mol. The molecule has 0 fully saturated rings. The summed E-state index contributed by atoms with van der Waals surface area (Å²) in [4.78, 5) is -0.0571. The standard InChI is InChI=1S/C9H8Cl2N2O2S/c10-3-4-13-16(14,15)9-2-1-7(6-12)5-8(9)11/h1-2,5,13H,3-4H2. The van der Waals surface area contributed by atoms with Crippen LogP contribution in [0.2, 0.25) is 5.02 Å². The first-order chi connectivity index (χ1) is 7.51. The van der Waals surface area contributed by atoms with Gasteiger partial charge in [0.15, 0.2) is 0 Å². The summed E-state index contributed by atoms with van der Waals surface area (Å²) in [5.41, 5.74) is 0.307. The lowest BCUT2D eigenvalue weighted by atomic mass is 10.2. The molecule has 0 atom stereocenters. The lowest BCUT2D eigenvalue weighted by Gasteiger charge is -2.06. The minimum atomic E-state index is -3.65. The summed E-state index contributed by atoms with van der Waals surface area (Å²) >= 11 is 11.1. The number of sulfonamides is 1. The first-order valence-electron chi connectivity index (χ1n) is 4.26. The first kappa shape index (κ1) is 13.3. The van der Waals surface area contributed by atoms with E-state index in [2.05, 4.69) is 4.72 Å². The normalized spacial score (nSPS) is 11.1. The molecule has 0 saturated carbocycles. The molecule has 1 rings (SSSR count). The highest BCUT2D eigenvalue weighted by Gasteiger charge is 2.17. The van der Waals surface area contributed by atoms with Crippen LogP contribution in [0.1, 0.15) is 5.56 Å². The molecule has 1 N–H and O–H groups in total. The fraction of sp³-hybridized carbons (Fsp3) is 0.222. The number of hydrogen-bond donors (Lipinski definition) is 1. The molecule has 0 bridgehead atoms. The third-order valence-corrected chi connectivity index (χ3v) is 3.87. The largest absolute Gasteiger partial charge is 0.242 e. The van der Waals surface area contributed by atoms with Gasteiger partial charge in [-0.05, 0) is 18.2 Å². The van der Waals surface area contributed by atoms with Gasteiger partial charge in [-0.25, -0.2) is 13.1 Å². The topological polar surface area (TPSA) is 70.0 Å². The molecule has 0 heterocycles. The summed E-state index contributed by atoms with van der Waals surface area (Å²) in [6.07, 6.45) is 0. The molecule has 0 aliphatic heterocycles. The Morgan fingerprint density at radius 3 is 2.62 bits per heavy atom. The molecule has 16 heavy (non-hydrogen) atoms. The second-order valence-electron chi connectivity index (χ2n) is 2.84. The number of hydrogen-bond acceptors (Lipinski definition) is 3. The molecule has 0 saturated heterocycles. The van der Waals surface area contributed by atoms with Crippen molar-refractivity contribution in [2.24, 2.45) is 0 Å². The van der Waals surface area contributed by atoms with Crippen LogP contribution in [0.25, 0.3) is 0 Å². The number of halogens is 2. The molecule has 0 radical (unpaired) electrons. The van der Waals surface area contributed by atoms with E-state index in [1.807, 2.05) is 6.07 Å². The van der Waals surface area contributed by atoms with Crippen molar-refractivity contribution in [2.75, 3.05) is 12.4 Å². The van der Waals surface area contributed by atoms with Crippen LogP contribution in [-0.4, -0.2) is 20.8 Å². The second-order valence-corrected chi connectivity index (χ2v) is 5.36. The lowest BCUT2D eigenvalue weighted by Crippen LogP contribution is -2.25. The molecule has 7 heteroatoms. The minimum Gasteiger partial charge on any atom is -0.210 e. The van der Waals surface area contributed by atoms with E-state index in [0.717, 1.165) is 0 Å². The lowest BCUT2D eigenvalue weighted by molar-refractivity contribution is 0.584. The van der Waals surface area contributed by atoms with Crippen molar-refractivity contribution < 1.29 is 8.42 Å². The fourth-order valence-electron chi connectivity index (χ4n) is 1.04. The van der Waals surface area contributed by atoms with Crippen molar-refractivity contribution >= 4 is 33.2 Å². The smallest absolute Gasteiger partial charge is 0.210 e. The summed E-state index contributed by atoms with van der Waals surface area (Å²) in [6.45, 7) is 0.125. The Balaban J connectivity index is 3.10. The van der Waals surface area contributed by atoms with E-state index in [4.69, 9.17) is 28.5 Å². The fourth-order valence-corrected chi connectivity index (χ4v) is 2.82. The van der Waals surface area contributed by atoms with Crippen LogP contribution in [0, 0.1) is 11.3 Å². The summed E-state index contributed by atoms with van der Waals surface area (Å²) in [6, 6.07) is 5.85. The highest BCUT2D eigenvalue weighted by molar-refractivity contribution is 7.89. The van der Waals surface area contributed by atoms with E-state index in [0.29, 0.717) is 5.56 Å². The van der Waals surface area contributed by atoms with Gasteiger partial charge < -0.3 is 0 Å². The van der Waals surface area contributed by atoms with Gasteiger partial charge >= 0.3 is 0 Å². The maximum atomic E-state index is 11.7. The van der Waals surface area contributed by atoms with Crippen molar-refractivity contribution in [3.63, 3.8) is 0 Å². The number of nitrogens with one attached hydrogen (secondary N) is 1. The Bertz CT molecular complexity index is 523. The van der Waals surface area contributed by atoms with Crippen molar-refractivity contribution in [3.8, 4) is 6.07 Å². The average Bonchev–Trinajstić information content (AvgIpc) is 2.25. The van der Waals surface area contributed by atoms with Gasteiger partial charge in [0.25, 0.3) is 0 Å². The molecule has 4 nitrogen and oxygen atoms in total. The maximum Gasteiger partial charge on any atom is 0.242 e. The number of nitriles is 1. The van der Waals surface area contributed by atoms with Crippen molar-refractivity contribution in [1.82, 2.24) is 4.72 Å². The number of rotatable bonds is 4. The van der Waals surface area contributed by atoms with Crippen LogP contribution >= 0.6 is 23.2 Å². The van der Waals surface area contributed by atoms with Gasteiger partial charge in [0.2, 0.25) is 10.0 Å². The molecule has 86 valence electrons. The zero-order valence-corrected chi connectivity index (χ0v) is 10.4. The summed E-state index contributed by atoms with van der Waals surface area (Å²) in [5, 5.41) is 8.62. The van der Waals surface area contributed by atoms with Crippen molar-refractivity contribution in [3.05, 3.63) is 28.8 Å². The maximum absolute atomic E-state index is 11.7. The van der Waals surface area contributed by atoms with E-state index >= 15 is 0 Å². The van der Waals surface area contributed by atoms with Crippen LogP contribution in [0.3, 0.4) is 0 Å². The van der Waals surface area contributed by atoms with Crippen LogP contribution < -0.4 is 4.72 Å². The molecule has 0 aromatic heterocycles. The Hall–Kier alpha value is -0.800. The molecular weight excluding hydrogens is 271 g/mol. The molecule has 0 aliphatic rings. The van der Waals surface area contributed by atoms with E-state index in [-0.39, 0.29) is 22.3 Å². The second kappa shape index (κ2) is 5.51. The zero-order chi connectivity index (χ0) is 12.2. The van der Waals surface area contributed by atoms with E-state index in [1.165, 1.54) is 18.2 Å². The Labute approximate surface area is 104 Å². The number of alkyl halides is 1. The first-order valence-corrected chi connectivity index (χ1v) is 6.66. The molecule has 1 aromatic rings. The average molecular weight is 279 g/mol. The molecule has 0 amide bonds. The van der Waals surface area contributed by atoms with Gasteiger partial charge in [0.1, 0.15) is 4.90 Å². The minimum absolute atomic E-state index is 0.0149. The molecule has 0 aliphatic carbocycles. The van der Waals surface area contributed by atoms with Crippen LogP contribution in [0.15, 0.2) is 23.1 Å². The zero-order valence-electron chi connectivity index (χ0n) is 8.07. The van der Waals surface area contributed by atoms with Gasteiger partial charge in [-0.3, -0.25) is 0 Å². The Morgan fingerprint density at radius 1 is 1.44 bits per heavy atom. The Morgan fingerprint density at radius 2 is 2.12 bits per heavy atom. The highest BCUT2D eigenvalue weighted by Crippen LogP contribution is 2.22. The summed E-state index contributed by atoms with van der Waals surface area (Å²) < 4.78 is 25.6. The summed E-state index contributed by atoms with van der Waals surface area (Å²) in [5.74, 6) is 0.174. The van der Waals surface area contributed by atoms with Crippen LogP contribution in [0.4, 0.5) is 0 Å². The van der Waals surface area contributed by atoms with Gasteiger partial charge in [-0.2, -0.15) is 5.26 Å². The predicted molar refractivity (Wildman–Crippen MR) is 62.1 cm³/mol. The van der Waals surface area contributed by atoms with E-state index in [1.54, 1.807) is 0 Å². The van der Waals surface area contributed by atoms with Crippen LogP contribution in [0.5, 0.6) is 0 Å². The predicted octanol–water partition coefficient (Wildman–Crippen LogP) is 1.73. The summed E-state index contributed by atoms with van der Waals surface area (Å²) in [7, 11) is -3.65. The highest BCUT2D eigenvalue weighted by atomic mass is 35.5. The number of nitrogens with zero attached hydrogens (tertiary/aromatic N) is 1. The van der Waals surface area contributed by atoms with Crippen molar-refractivity contribution in [1.29, 1.82) is 5.26 Å². The SMILES string of the molecule is N#Cc1ccc(S(=O)(=O)NCCCl)c(Cl)c1. The van der Waals surface area contributed by atoms with Gasteiger partial charge in [0, 0.05) is 12.4 Å². The molecule has 1 aromatic carbocycles. The van der Waals surface area contributed by atoms with Crippen LogP contribution in [-0.2, 0) is 10.0 Å². The van der Waals surface area contributed by atoms with Gasteiger partial charge in [-0.1, -0.05) is 11.6 Å². The van der Waals surface area contributed by atoms with E-state index in [9.17, 15) is 8.42 Å². The number of benzene rings is 1.